The summed E-state index contributed by atoms with van der Waals surface area (Å²) in [4.78, 5) is 0. The molecular weight excluding hydrogens is 256 g/mol. The third-order valence-electron chi connectivity index (χ3n) is 1.13. The fourth-order valence-corrected chi connectivity index (χ4v) is 1.82. The zero-order valence-corrected chi connectivity index (χ0v) is 8.55. The molecule has 1 rings (SSSR count). The monoisotopic (exact) mass is 254 g/mol. The Morgan fingerprint density at radius 2 is 1.18 bits per heavy atom. The molecule has 0 saturated heterocycles. The van der Waals surface area contributed by atoms with Crippen LogP contribution in [0.15, 0.2) is 20.1 Å². The molecule has 6 heteroatoms. The number of hydrogen-bond acceptors (Lipinski definition) is 0. The highest BCUT2D eigenvalue weighted by Gasteiger charge is 2.44. The van der Waals surface area contributed by atoms with E-state index in [-0.39, 0.29) is 10.1 Å². The van der Waals surface area contributed by atoms with E-state index >= 15 is 0 Å². The van der Waals surface area contributed by atoms with E-state index in [1.807, 2.05) is 0 Å². The molecule has 0 heterocycles. The summed E-state index contributed by atoms with van der Waals surface area (Å²) in [6.07, 6.45) is 0. The number of halogens is 6. The van der Waals surface area contributed by atoms with E-state index in [0.717, 1.165) is 0 Å². The van der Waals surface area contributed by atoms with Crippen LogP contribution in [-0.4, -0.2) is 5.13 Å². The minimum absolute atomic E-state index is 0.143. The Bertz CT molecular complexity index is 238. The summed E-state index contributed by atoms with van der Waals surface area (Å²) in [7, 11) is 0. The maximum atomic E-state index is 13.1. The van der Waals surface area contributed by atoms with Gasteiger partial charge in [0.25, 0.3) is 5.13 Å². The van der Waals surface area contributed by atoms with Gasteiger partial charge in [-0.1, -0.05) is 58.0 Å². The second-order valence-electron chi connectivity index (χ2n) is 1.83. The predicted molar refractivity (Wildman–Crippen MR) is 47.2 cm³/mol. The Kier molecular flexibility index (Phi) is 2.68. The van der Waals surface area contributed by atoms with E-state index in [2.05, 4.69) is 0 Å². The molecule has 0 fully saturated rings. The molecule has 1 aliphatic carbocycles. The Morgan fingerprint density at radius 3 is 1.27 bits per heavy atom. The maximum absolute atomic E-state index is 13.1. The van der Waals surface area contributed by atoms with Crippen molar-refractivity contribution < 1.29 is 4.39 Å². The second-order valence-corrected chi connectivity index (χ2v) is 3.86. The van der Waals surface area contributed by atoms with Crippen molar-refractivity contribution in [2.24, 2.45) is 0 Å². The van der Waals surface area contributed by atoms with Crippen molar-refractivity contribution in [2.45, 2.75) is 5.13 Å². The first-order valence-corrected chi connectivity index (χ1v) is 4.27. The zero-order valence-electron chi connectivity index (χ0n) is 4.77. The Labute approximate surface area is 87.5 Å². The van der Waals surface area contributed by atoms with Gasteiger partial charge >= 0.3 is 0 Å². The summed E-state index contributed by atoms with van der Waals surface area (Å²) in [5, 5.41) is -3.52. The van der Waals surface area contributed by atoms with Gasteiger partial charge in [0.05, 0.1) is 20.1 Å². The molecule has 0 radical (unpaired) electrons. The lowest BCUT2D eigenvalue weighted by atomic mass is 10.4. The largest absolute Gasteiger partial charge is 0.257 e. The summed E-state index contributed by atoms with van der Waals surface area (Å²) in [6, 6.07) is 0. The molecule has 0 spiro atoms. The highest BCUT2D eigenvalue weighted by Crippen LogP contribution is 2.52. The predicted octanol–water partition coefficient (Wildman–Crippen LogP) is 4.28. The molecule has 0 unspecified atom stereocenters. The topological polar surface area (TPSA) is 0 Å². The van der Waals surface area contributed by atoms with Crippen LogP contribution in [0.4, 0.5) is 4.39 Å². The van der Waals surface area contributed by atoms with Crippen LogP contribution in [0.3, 0.4) is 0 Å². The number of alkyl halides is 2. The summed E-state index contributed by atoms with van der Waals surface area (Å²) in [5.74, 6) is 0. The molecule has 0 aliphatic heterocycles. The van der Waals surface area contributed by atoms with Crippen molar-refractivity contribution in [1.82, 2.24) is 0 Å². The molecule has 11 heavy (non-hydrogen) atoms. The molecular formula is C5Cl5F. The van der Waals surface area contributed by atoms with Crippen LogP contribution in [0.2, 0.25) is 0 Å². The number of rotatable bonds is 0. The molecule has 0 atom stereocenters. The Hall–Kier alpha value is 0.860. The lowest BCUT2D eigenvalue weighted by Crippen LogP contribution is -2.11. The molecule has 0 bridgehead atoms. The van der Waals surface area contributed by atoms with E-state index in [0.29, 0.717) is 0 Å². The molecule has 0 N–H and O–H groups in total. The van der Waals surface area contributed by atoms with Crippen LogP contribution >= 0.6 is 58.0 Å². The summed E-state index contributed by atoms with van der Waals surface area (Å²) >= 11 is 26.9. The van der Waals surface area contributed by atoms with E-state index in [1.165, 1.54) is 0 Å². The maximum Gasteiger partial charge on any atom is 0.257 e. The second kappa shape index (κ2) is 2.97. The fraction of sp³-hybridized carbons (Fsp3) is 0.200. The molecule has 0 aromatic heterocycles. The van der Waals surface area contributed by atoms with Gasteiger partial charge in [-0.2, -0.15) is 0 Å². The van der Waals surface area contributed by atoms with Crippen molar-refractivity contribution in [3.8, 4) is 0 Å². The van der Waals surface area contributed by atoms with Crippen molar-refractivity contribution >= 4 is 58.0 Å². The molecule has 0 saturated carbocycles. The van der Waals surface area contributed by atoms with E-state index in [9.17, 15) is 4.39 Å². The van der Waals surface area contributed by atoms with Crippen LogP contribution in [0.1, 0.15) is 0 Å². The minimum atomic E-state index is -2.45. The van der Waals surface area contributed by atoms with Crippen molar-refractivity contribution in [2.75, 3.05) is 0 Å². The summed E-state index contributed by atoms with van der Waals surface area (Å²) in [6.45, 7) is 0. The van der Waals surface area contributed by atoms with Crippen LogP contribution in [0.25, 0.3) is 0 Å². The molecule has 0 aromatic carbocycles. The first-order chi connectivity index (χ1) is 4.89. The Balaban J connectivity index is 3.27. The third-order valence-corrected chi connectivity index (χ3v) is 3.65. The fourth-order valence-electron chi connectivity index (χ4n) is 0.565. The number of hydrogen-bond donors (Lipinski definition) is 0. The lowest BCUT2D eigenvalue weighted by Gasteiger charge is -2.09. The van der Waals surface area contributed by atoms with Gasteiger partial charge in [0.15, 0.2) is 0 Å². The highest BCUT2D eigenvalue weighted by molar-refractivity contribution is 6.57. The lowest BCUT2D eigenvalue weighted by molar-refractivity contribution is 0.407. The zero-order chi connectivity index (χ0) is 8.81. The quantitative estimate of drug-likeness (QED) is 0.567. The third kappa shape index (κ3) is 1.38. The first-order valence-electron chi connectivity index (χ1n) is 2.38. The van der Waals surface area contributed by atoms with Crippen LogP contribution in [0, 0.1) is 0 Å². The molecule has 0 aromatic rings. The van der Waals surface area contributed by atoms with Crippen molar-refractivity contribution in [3.63, 3.8) is 0 Å². The van der Waals surface area contributed by atoms with Gasteiger partial charge in [-0.3, -0.25) is 0 Å². The molecule has 62 valence electrons. The van der Waals surface area contributed by atoms with Gasteiger partial charge in [0, 0.05) is 0 Å². The van der Waals surface area contributed by atoms with E-state index < -0.39 is 15.2 Å². The van der Waals surface area contributed by atoms with E-state index in [4.69, 9.17) is 58.0 Å². The minimum Gasteiger partial charge on any atom is -0.213 e. The standard InChI is InChI=1S/C5Cl5F/c6-1-2(7)4(9)5(10,11)3(1)8. The normalized spacial score (nSPS) is 23.5. The van der Waals surface area contributed by atoms with Gasteiger partial charge in [-0.25, -0.2) is 4.39 Å². The van der Waals surface area contributed by atoms with Crippen LogP contribution < -0.4 is 0 Å². The van der Waals surface area contributed by atoms with Gasteiger partial charge in [0.2, 0.25) is 0 Å². The summed E-state index contributed by atoms with van der Waals surface area (Å²) < 4.78 is 13.1. The van der Waals surface area contributed by atoms with E-state index in [1.54, 1.807) is 0 Å². The van der Waals surface area contributed by atoms with Crippen molar-refractivity contribution in [3.05, 3.63) is 20.1 Å². The smallest absolute Gasteiger partial charge is 0.213 e. The number of allylic oxidation sites excluding steroid dienone is 4. The van der Waals surface area contributed by atoms with Gasteiger partial charge in [-0.05, 0) is 0 Å². The van der Waals surface area contributed by atoms with Crippen molar-refractivity contribution in [1.29, 1.82) is 0 Å². The molecule has 0 amide bonds. The SMILES string of the molecule is FC1(Cl)C(Cl)=C(Cl)C(Cl)=C1Cl. The van der Waals surface area contributed by atoms with Gasteiger partial charge in [-0.15, -0.1) is 0 Å². The van der Waals surface area contributed by atoms with Crippen LogP contribution in [-0.2, 0) is 0 Å². The average Bonchev–Trinajstić information content (AvgIpc) is 2.06. The highest BCUT2D eigenvalue weighted by atomic mass is 35.5. The summed E-state index contributed by atoms with van der Waals surface area (Å²) in [5.41, 5.74) is 0. The molecule has 1 aliphatic rings. The molecule has 0 nitrogen and oxygen atoms in total. The first kappa shape index (κ1) is 9.94. The average molecular weight is 256 g/mol. The van der Waals surface area contributed by atoms with Gasteiger partial charge in [0.1, 0.15) is 0 Å². The Morgan fingerprint density at radius 1 is 0.909 bits per heavy atom. The van der Waals surface area contributed by atoms with Gasteiger partial charge < -0.3 is 0 Å². The van der Waals surface area contributed by atoms with Crippen LogP contribution in [0.5, 0.6) is 0 Å².